The fourth-order valence-corrected chi connectivity index (χ4v) is 2.52. The second kappa shape index (κ2) is 3.73. The number of aromatic nitrogens is 1. The summed E-state index contributed by atoms with van der Waals surface area (Å²) in [5.41, 5.74) is 2.82. The Bertz CT molecular complexity index is 912. The van der Waals surface area contributed by atoms with Gasteiger partial charge in [-0.3, -0.25) is 10.3 Å². The first kappa shape index (κ1) is 11.6. The summed E-state index contributed by atoms with van der Waals surface area (Å²) in [6.07, 6.45) is 0. The lowest BCUT2D eigenvalue weighted by Gasteiger charge is -2.13. The van der Waals surface area contributed by atoms with E-state index in [1.165, 1.54) is 4.68 Å². The average molecular weight is 255 g/mol. The second-order valence-corrected chi connectivity index (χ2v) is 4.51. The van der Waals surface area contributed by atoms with E-state index in [2.05, 4.69) is 12.1 Å². The van der Waals surface area contributed by atoms with E-state index in [-0.39, 0.29) is 11.3 Å². The number of nitrogens with one attached hydrogen (secondary N) is 1. The van der Waals surface area contributed by atoms with E-state index in [0.29, 0.717) is 16.1 Å². The van der Waals surface area contributed by atoms with Crippen molar-refractivity contribution in [1.82, 2.24) is 4.68 Å². The number of nitrogen functional groups attached to an aromatic ring is 1. The normalized spacial score (nSPS) is 11.3. The Morgan fingerprint density at radius 2 is 2.00 bits per heavy atom. The van der Waals surface area contributed by atoms with Crippen molar-refractivity contribution in [2.24, 2.45) is 5.84 Å². The van der Waals surface area contributed by atoms with Crippen LogP contribution in [-0.2, 0) is 0 Å². The smallest absolute Gasteiger partial charge is 0.278 e. The van der Waals surface area contributed by atoms with E-state index in [4.69, 9.17) is 5.84 Å². The van der Waals surface area contributed by atoms with Crippen LogP contribution in [0.1, 0.15) is 5.56 Å². The van der Waals surface area contributed by atoms with Crippen LogP contribution in [0, 0.1) is 6.92 Å². The third-order valence-corrected chi connectivity index (χ3v) is 3.55. The summed E-state index contributed by atoms with van der Waals surface area (Å²) in [5, 5.41) is 13.3. The van der Waals surface area contributed by atoms with E-state index in [0.717, 1.165) is 16.3 Å². The van der Waals surface area contributed by atoms with Crippen LogP contribution in [0.2, 0.25) is 0 Å². The average Bonchev–Trinajstić information content (AvgIpc) is 2.41. The summed E-state index contributed by atoms with van der Waals surface area (Å²) in [6, 6.07) is 7.01. The van der Waals surface area contributed by atoms with Crippen LogP contribution in [0.5, 0.6) is 5.75 Å². The number of aromatic hydroxyl groups is 1. The number of hydrazine groups is 1. The molecule has 0 saturated carbocycles. The van der Waals surface area contributed by atoms with Crippen LogP contribution < -0.4 is 22.3 Å². The van der Waals surface area contributed by atoms with Gasteiger partial charge in [0.05, 0.1) is 10.7 Å². The molecule has 96 valence electrons. The third kappa shape index (κ3) is 1.36. The molecule has 0 fully saturated rings. The van der Waals surface area contributed by atoms with Gasteiger partial charge in [-0.2, -0.15) is 0 Å². The van der Waals surface area contributed by atoms with Crippen molar-refractivity contribution in [1.29, 1.82) is 0 Å². The Kier molecular flexibility index (Phi) is 2.27. The number of phenolic OH excluding ortho intramolecular Hbond substituents is 1. The molecule has 19 heavy (non-hydrogen) atoms. The largest absolute Gasteiger partial charge is 0.508 e. The number of hydrogen-bond acceptors (Lipinski definition) is 4. The summed E-state index contributed by atoms with van der Waals surface area (Å²) < 4.78 is 1.17. The molecular formula is C14H13N3O2. The van der Waals surface area contributed by atoms with Gasteiger partial charge in [0.15, 0.2) is 0 Å². The molecule has 0 amide bonds. The number of aryl methyl sites for hydroxylation is 1. The highest BCUT2D eigenvalue weighted by Crippen LogP contribution is 2.31. The molecule has 0 aliphatic rings. The standard InChI is InChI=1S/C14H13N3O2/c1-7-9-4-3-5-10-13(9)11(6-12(7)18)8(2)17(16-15)14(10)19/h3-6,16,18H,2,15H2,1H3. The van der Waals surface area contributed by atoms with E-state index in [1.54, 1.807) is 18.2 Å². The van der Waals surface area contributed by atoms with Crippen LogP contribution in [0.15, 0.2) is 29.1 Å². The Hall–Kier alpha value is -2.53. The van der Waals surface area contributed by atoms with Gasteiger partial charge in [-0.25, -0.2) is 10.5 Å². The van der Waals surface area contributed by atoms with E-state index >= 15 is 0 Å². The van der Waals surface area contributed by atoms with Gasteiger partial charge in [0.25, 0.3) is 5.56 Å². The molecule has 4 N–H and O–H groups in total. The lowest BCUT2D eigenvalue weighted by atomic mass is 9.98. The van der Waals surface area contributed by atoms with Crippen molar-refractivity contribution in [3.05, 3.63) is 45.5 Å². The quantitative estimate of drug-likeness (QED) is 0.442. The molecule has 0 saturated heterocycles. The fourth-order valence-electron chi connectivity index (χ4n) is 2.52. The predicted molar refractivity (Wildman–Crippen MR) is 76.4 cm³/mol. The monoisotopic (exact) mass is 255 g/mol. The molecule has 3 rings (SSSR count). The Balaban J connectivity index is 2.78. The zero-order valence-corrected chi connectivity index (χ0v) is 10.4. The number of phenols is 1. The maximum Gasteiger partial charge on any atom is 0.278 e. The Morgan fingerprint density at radius 3 is 2.68 bits per heavy atom. The molecule has 1 heterocycles. The van der Waals surface area contributed by atoms with E-state index < -0.39 is 0 Å². The lowest BCUT2D eigenvalue weighted by Crippen LogP contribution is -2.42. The molecule has 0 aliphatic heterocycles. The number of nitrogens with zero attached hydrogens (tertiary/aromatic N) is 1. The van der Waals surface area contributed by atoms with Gasteiger partial charge in [0, 0.05) is 10.8 Å². The minimum absolute atomic E-state index is 0.173. The minimum atomic E-state index is -0.254. The van der Waals surface area contributed by atoms with Crippen molar-refractivity contribution < 1.29 is 5.11 Å². The second-order valence-electron chi connectivity index (χ2n) is 4.51. The van der Waals surface area contributed by atoms with Gasteiger partial charge < -0.3 is 5.11 Å². The first-order chi connectivity index (χ1) is 9.06. The molecule has 0 aliphatic carbocycles. The number of pyridine rings is 1. The van der Waals surface area contributed by atoms with Crippen molar-refractivity contribution in [2.45, 2.75) is 6.92 Å². The zero-order chi connectivity index (χ0) is 13.7. The number of hydrogen-bond donors (Lipinski definition) is 3. The highest BCUT2D eigenvalue weighted by molar-refractivity contribution is 6.11. The van der Waals surface area contributed by atoms with Crippen LogP contribution in [0.3, 0.4) is 0 Å². The van der Waals surface area contributed by atoms with Crippen molar-refractivity contribution >= 4 is 28.1 Å². The molecule has 0 spiro atoms. The maximum absolute atomic E-state index is 12.3. The van der Waals surface area contributed by atoms with Crippen LogP contribution in [-0.4, -0.2) is 9.78 Å². The van der Waals surface area contributed by atoms with Gasteiger partial charge >= 0.3 is 0 Å². The molecule has 3 aromatic rings. The third-order valence-electron chi connectivity index (χ3n) is 3.55. The highest BCUT2D eigenvalue weighted by atomic mass is 16.3. The minimum Gasteiger partial charge on any atom is -0.508 e. The first-order valence-corrected chi connectivity index (χ1v) is 5.81. The molecule has 0 bridgehead atoms. The molecule has 2 aromatic carbocycles. The summed E-state index contributed by atoms with van der Waals surface area (Å²) in [5.74, 6) is 5.54. The predicted octanol–water partition coefficient (Wildman–Crippen LogP) is 0.715. The first-order valence-electron chi connectivity index (χ1n) is 5.81. The molecular weight excluding hydrogens is 242 g/mol. The van der Waals surface area contributed by atoms with Gasteiger partial charge in [-0.05, 0) is 30.0 Å². The number of nitrogens with two attached hydrogens (primary N) is 1. The highest BCUT2D eigenvalue weighted by Gasteiger charge is 2.13. The van der Waals surface area contributed by atoms with E-state index in [1.807, 2.05) is 13.0 Å². The van der Waals surface area contributed by atoms with Crippen LogP contribution in [0.25, 0.3) is 28.1 Å². The van der Waals surface area contributed by atoms with Crippen molar-refractivity contribution in [3.8, 4) is 5.75 Å². The van der Waals surface area contributed by atoms with Gasteiger partial charge in [-0.15, -0.1) is 0 Å². The molecule has 0 radical (unpaired) electrons. The zero-order valence-electron chi connectivity index (χ0n) is 10.4. The SMILES string of the molecule is C=c1c2cc(O)c(C)c3cccc(c(=O)n1NN)c32. The van der Waals surface area contributed by atoms with Crippen LogP contribution in [0.4, 0.5) is 0 Å². The summed E-state index contributed by atoms with van der Waals surface area (Å²) >= 11 is 0. The maximum atomic E-state index is 12.3. The summed E-state index contributed by atoms with van der Waals surface area (Å²) in [6.45, 7) is 5.68. The molecule has 1 aromatic heterocycles. The van der Waals surface area contributed by atoms with Crippen LogP contribution >= 0.6 is 0 Å². The van der Waals surface area contributed by atoms with E-state index in [9.17, 15) is 9.90 Å². The molecule has 5 heteroatoms. The molecule has 0 atom stereocenters. The fraction of sp³-hybridized carbons (Fsp3) is 0.0714. The summed E-state index contributed by atoms with van der Waals surface area (Å²) in [7, 11) is 0. The Morgan fingerprint density at radius 1 is 1.32 bits per heavy atom. The number of benzene rings is 2. The summed E-state index contributed by atoms with van der Waals surface area (Å²) in [4.78, 5) is 12.3. The number of rotatable bonds is 1. The Labute approximate surface area is 108 Å². The van der Waals surface area contributed by atoms with Gasteiger partial charge in [0.2, 0.25) is 0 Å². The van der Waals surface area contributed by atoms with Crippen molar-refractivity contribution in [3.63, 3.8) is 0 Å². The molecule has 0 unspecified atom stereocenters. The lowest BCUT2D eigenvalue weighted by molar-refractivity contribution is 0.473. The molecule has 5 nitrogen and oxygen atoms in total. The van der Waals surface area contributed by atoms with Gasteiger partial charge in [-0.1, -0.05) is 18.7 Å². The van der Waals surface area contributed by atoms with Gasteiger partial charge in [0.1, 0.15) is 5.75 Å². The topological polar surface area (TPSA) is 80.3 Å². The van der Waals surface area contributed by atoms with Crippen molar-refractivity contribution in [2.75, 3.05) is 5.53 Å².